The van der Waals surface area contributed by atoms with E-state index in [0.29, 0.717) is 5.56 Å². The number of nitrogens with zero attached hydrogens (tertiary/aromatic N) is 1. The fourth-order valence-corrected chi connectivity index (χ4v) is 7.97. The minimum Gasteiger partial charge on any atom is -0.324 e. The van der Waals surface area contributed by atoms with Gasteiger partial charge in [0.1, 0.15) is 5.41 Å². The van der Waals surface area contributed by atoms with E-state index in [-0.39, 0.29) is 11.0 Å². The van der Waals surface area contributed by atoms with Crippen molar-refractivity contribution in [3.05, 3.63) is 107 Å². The number of quaternary nitrogens is 1. The third-order valence-corrected chi connectivity index (χ3v) is 11.3. The molecule has 220 valence electrons. The zero-order chi connectivity index (χ0) is 29.5. The molecule has 2 aliphatic rings. The summed E-state index contributed by atoms with van der Waals surface area (Å²) in [5, 5.41) is 0. The molecule has 1 nitrogen and oxygen atoms in total. The lowest BCUT2D eigenvalue weighted by Gasteiger charge is -2.50. The minimum atomic E-state index is -4.50. The van der Waals surface area contributed by atoms with Crippen LogP contribution in [-0.2, 0) is 16.2 Å². The molecule has 2 aliphatic heterocycles. The summed E-state index contributed by atoms with van der Waals surface area (Å²) in [7, 11) is 0. The first-order chi connectivity index (χ1) is 19.3. The van der Waals surface area contributed by atoms with Crippen LogP contribution in [0.1, 0.15) is 87.6 Å². The maximum Gasteiger partial charge on any atom is 0.402 e. The topological polar surface area (TPSA) is 0 Å². The minimum absolute atomic E-state index is 0.122. The number of halogens is 3. The van der Waals surface area contributed by atoms with Crippen LogP contribution in [0.15, 0.2) is 78.9 Å². The Balaban J connectivity index is 1.50. The van der Waals surface area contributed by atoms with Crippen LogP contribution in [0.3, 0.4) is 0 Å². The smallest absolute Gasteiger partial charge is 0.324 e. The highest BCUT2D eigenvalue weighted by molar-refractivity contribution is 5.46. The van der Waals surface area contributed by atoms with Crippen molar-refractivity contribution in [2.75, 3.05) is 26.2 Å². The fraction of sp³-hybridized carbons (Fsp3) is 0.514. The molecule has 3 aromatic carbocycles. The van der Waals surface area contributed by atoms with Crippen molar-refractivity contribution in [2.45, 2.75) is 89.1 Å². The van der Waals surface area contributed by atoms with E-state index in [4.69, 9.17) is 0 Å². The first-order valence-corrected chi connectivity index (χ1v) is 15.5. The van der Waals surface area contributed by atoms with Crippen LogP contribution in [-0.4, -0.2) is 36.8 Å². The van der Waals surface area contributed by atoms with E-state index in [2.05, 4.69) is 31.2 Å². The SMILES string of the molecule is Cc1ccc(C(c2ccccc2)(C(C)C(C)(C)c2ccc(C3(C)CC[N+]4(CCCCC4)CC3)cc2)C(F)(F)F)cc1. The molecule has 2 unspecified atom stereocenters. The molecular formula is C37H47F3N+. The molecule has 2 fully saturated rings. The molecule has 4 heteroatoms. The molecule has 1 spiro atoms. The van der Waals surface area contributed by atoms with Gasteiger partial charge in [-0.15, -0.1) is 0 Å². The second kappa shape index (κ2) is 10.9. The van der Waals surface area contributed by atoms with Gasteiger partial charge in [-0.3, -0.25) is 0 Å². The Morgan fingerprint density at radius 3 is 1.73 bits per heavy atom. The molecule has 0 radical (unpaired) electrons. The zero-order valence-electron chi connectivity index (χ0n) is 25.5. The van der Waals surface area contributed by atoms with Crippen molar-refractivity contribution in [3.63, 3.8) is 0 Å². The molecule has 0 saturated carbocycles. The van der Waals surface area contributed by atoms with E-state index in [0.717, 1.165) is 11.1 Å². The van der Waals surface area contributed by atoms with Gasteiger partial charge in [0.05, 0.1) is 26.2 Å². The summed E-state index contributed by atoms with van der Waals surface area (Å²) >= 11 is 0. The lowest BCUT2D eigenvalue weighted by Crippen LogP contribution is -2.58. The van der Waals surface area contributed by atoms with Crippen LogP contribution < -0.4 is 0 Å². The molecule has 0 aliphatic carbocycles. The van der Waals surface area contributed by atoms with Gasteiger partial charge in [-0.25, -0.2) is 0 Å². The number of alkyl halides is 3. The molecular weight excluding hydrogens is 515 g/mol. The first kappa shape index (κ1) is 29.9. The highest BCUT2D eigenvalue weighted by Gasteiger charge is 2.63. The highest BCUT2D eigenvalue weighted by Crippen LogP contribution is 2.56. The number of rotatable bonds is 6. The van der Waals surface area contributed by atoms with Crippen LogP contribution in [0.4, 0.5) is 13.2 Å². The lowest BCUT2D eigenvalue weighted by molar-refractivity contribution is -0.938. The van der Waals surface area contributed by atoms with Crippen LogP contribution in [0.25, 0.3) is 0 Å². The molecule has 0 aromatic heterocycles. The number of piperidine rings is 2. The van der Waals surface area contributed by atoms with Crippen molar-refractivity contribution in [2.24, 2.45) is 5.92 Å². The zero-order valence-corrected chi connectivity index (χ0v) is 25.5. The number of benzene rings is 3. The van der Waals surface area contributed by atoms with Crippen molar-refractivity contribution in [1.82, 2.24) is 0 Å². The van der Waals surface area contributed by atoms with Crippen LogP contribution in [0.5, 0.6) is 0 Å². The van der Waals surface area contributed by atoms with Gasteiger partial charge in [-0.2, -0.15) is 13.2 Å². The van der Waals surface area contributed by atoms with E-state index in [1.165, 1.54) is 68.3 Å². The molecule has 2 saturated heterocycles. The maximum atomic E-state index is 15.7. The van der Waals surface area contributed by atoms with E-state index >= 15 is 13.2 Å². The van der Waals surface area contributed by atoms with Crippen molar-refractivity contribution >= 4 is 0 Å². The van der Waals surface area contributed by atoms with Gasteiger partial charge in [0.2, 0.25) is 0 Å². The predicted molar refractivity (Wildman–Crippen MR) is 163 cm³/mol. The van der Waals surface area contributed by atoms with Crippen molar-refractivity contribution in [1.29, 1.82) is 0 Å². The second-order valence-corrected chi connectivity index (χ2v) is 13.9. The Morgan fingerprint density at radius 1 is 0.683 bits per heavy atom. The standard InChI is InChI=1S/C37H47F3N/c1-28-14-16-33(17-15-28)36(37(38,39)40,32-12-8-6-9-13-32)29(2)34(3,4)30-18-20-31(21-19-30)35(5)22-26-41(27-23-35)24-10-7-11-25-41/h6,8-9,12-21,29H,7,10-11,22-27H2,1-5H3/q+1. The molecule has 41 heavy (non-hydrogen) atoms. The van der Waals surface area contributed by atoms with E-state index < -0.39 is 22.9 Å². The summed E-state index contributed by atoms with van der Waals surface area (Å²) in [6, 6.07) is 24.1. The molecule has 0 N–H and O–H groups in total. The third kappa shape index (κ3) is 5.26. The number of hydrogen-bond acceptors (Lipinski definition) is 0. The van der Waals surface area contributed by atoms with E-state index in [1.54, 1.807) is 61.5 Å². The number of aryl methyl sites for hydroxylation is 1. The Labute approximate surface area is 245 Å². The second-order valence-electron chi connectivity index (χ2n) is 13.9. The van der Waals surface area contributed by atoms with Crippen molar-refractivity contribution in [3.8, 4) is 0 Å². The summed E-state index contributed by atoms with van der Waals surface area (Å²) in [4.78, 5) is 0. The highest BCUT2D eigenvalue weighted by atomic mass is 19.4. The Bertz CT molecular complexity index is 1290. The average molecular weight is 563 g/mol. The van der Waals surface area contributed by atoms with Gasteiger partial charge in [-0.05, 0) is 59.8 Å². The molecule has 0 amide bonds. The normalized spacial score (nSPS) is 21.3. The van der Waals surface area contributed by atoms with Crippen LogP contribution in [0, 0.1) is 12.8 Å². The summed E-state index contributed by atoms with van der Waals surface area (Å²) in [5.74, 6) is -0.778. The third-order valence-electron chi connectivity index (χ3n) is 11.3. The van der Waals surface area contributed by atoms with Gasteiger partial charge in [-0.1, -0.05) is 112 Å². The van der Waals surface area contributed by atoms with Gasteiger partial charge >= 0.3 is 6.18 Å². The maximum absolute atomic E-state index is 15.7. The first-order valence-electron chi connectivity index (χ1n) is 15.5. The Kier molecular flexibility index (Phi) is 7.96. The van der Waals surface area contributed by atoms with E-state index in [1.807, 2.05) is 20.8 Å². The lowest BCUT2D eigenvalue weighted by atomic mass is 9.56. The van der Waals surface area contributed by atoms with E-state index in [9.17, 15) is 0 Å². The largest absolute Gasteiger partial charge is 0.402 e. The quantitative estimate of drug-likeness (QED) is 0.263. The molecule has 2 atom stereocenters. The Morgan fingerprint density at radius 2 is 1.20 bits per heavy atom. The monoisotopic (exact) mass is 562 g/mol. The van der Waals surface area contributed by atoms with Crippen LogP contribution >= 0.6 is 0 Å². The average Bonchev–Trinajstić information content (AvgIpc) is 2.96. The van der Waals surface area contributed by atoms with Gasteiger partial charge in [0, 0.05) is 18.3 Å². The fourth-order valence-electron chi connectivity index (χ4n) is 7.97. The Hall–Kier alpha value is -2.59. The molecule has 5 rings (SSSR count). The van der Waals surface area contributed by atoms with Gasteiger partial charge in [0.25, 0.3) is 0 Å². The summed E-state index contributed by atoms with van der Waals surface area (Å²) in [5.41, 5.74) is 1.01. The van der Waals surface area contributed by atoms with Crippen LogP contribution in [0.2, 0.25) is 0 Å². The van der Waals surface area contributed by atoms with Gasteiger partial charge < -0.3 is 4.48 Å². The predicted octanol–water partition coefficient (Wildman–Crippen LogP) is 9.51. The summed E-state index contributed by atoms with van der Waals surface area (Å²) in [6.07, 6.45) is 1.92. The van der Waals surface area contributed by atoms with Crippen molar-refractivity contribution < 1.29 is 17.7 Å². The molecule has 2 heterocycles. The molecule has 3 aromatic rings. The summed E-state index contributed by atoms with van der Waals surface area (Å²) in [6.45, 7) is 15.2. The number of hydrogen-bond donors (Lipinski definition) is 0. The van der Waals surface area contributed by atoms with Gasteiger partial charge in [0.15, 0.2) is 0 Å². The summed E-state index contributed by atoms with van der Waals surface area (Å²) < 4.78 is 48.2. The molecule has 0 bridgehead atoms.